The number of carbonyl (C=O) groups is 1. The van der Waals surface area contributed by atoms with Crippen LogP contribution in [-0.2, 0) is 16.1 Å². The minimum absolute atomic E-state index is 0.188. The zero-order valence-corrected chi connectivity index (χ0v) is 15.5. The molecule has 0 amide bonds. The van der Waals surface area contributed by atoms with Crippen LogP contribution in [0, 0.1) is 0 Å². The highest BCUT2D eigenvalue weighted by atomic mass is 79.9. The highest BCUT2D eigenvalue weighted by molar-refractivity contribution is 9.10. The molecule has 0 radical (unpaired) electrons. The van der Waals surface area contributed by atoms with Gasteiger partial charge in [-0.2, -0.15) is 0 Å². The fourth-order valence-corrected chi connectivity index (χ4v) is 2.27. The summed E-state index contributed by atoms with van der Waals surface area (Å²) < 4.78 is 17.1. The van der Waals surface area contributed by atoms with Gasteiger partial charge in [0.2, 0.25) is 0 Å². The van der Waals surface area contributed by atoms with Crippen LogP contribution in [0.2, 0.25) is 0 Å². The molecule has 0 saturated carbocycles. The van der Waals surface area contributed by atoms with Gasteiger partial charge in [0, 0.05) is 10.5 Å². The molecule has 2 aromatic rings. The third-order valence-corrected chi connectivity index (χ3v) is 3.78. The van der Waals surface area contributed by atoms with Gasteiger partial charge in [-0.15, -0.1) is 0 Å². The lowest BCUT2D eigenvalue weighted by Gasteiger charge is -2.11. The number of benzene rings is 2. The van der Waals surface area contributed by atoms with Gasteiger partial charge >= 0.3 is 5.97 Å². The van der Waals surface area contributed by atoms with Crippen LogP contribution in [-0.4, -0.2) is 19.7 Å². The largest absolute Gasteiger partial charge is 0.493 e. The summed E-state index contributed by atoms with van der Waals surface area (Å²) in [5.74, 6) is 0.809. The van der Waals surface area contributed by atoms with Gasteiger partial charge in [0.1, 0.15) is 13.2 Å². The van der Waals surface area contributed by atoms with Crippen molar-refractivity contribution in [2.45, 2.75) is 6.61 Å². The maximum atomic E-state index is 11.5. The van der Waals surface area contributed by atoms with Gasteiger partial charge in [0.05, 0.1) is 7.11 Å². The monoisotopic (exact) mass is 402 g/mol. The highest BCUT2D eigenvalue weighted by Crippen LogP contribution is 2.29. The quantitative estimate of drug-likeness (QED) is 0.362. The third kappa shape index (κ3) is 6.12. The predicted molar refractivity (Wildman–Crippen MR) is 102 cm³/mol. The summed E-state index contributed by atoms with van der Waals surface area (Å²) in [6.07, 6.45) is 4.55. The second-order valence-electron chi connectivity index (χ2n) is 5.08. The van der Waals surface area contributed by atoms with Gasteiger partial charge in [-0.1, -0.05) is 46.8 Å². The van der Waals surface area contributed by atoms with Crippen molar-refractivity contribution in [3.63, 3.8) is 0 Å². The number of esters is 1. The van der Waals surface area contributed by atoms with E-state index in [0.29, 0.717) is 18.1 Å². The molecule has 130 valence electrons. The first kappa shape index (κ1) is 18.8. The molecule has 0 aromatic heterocycles. The maximum absolute atomic E-state index is 11.5. The summed E-state index contributed by atoms with van der Waals surface area (Å²) in [7, 11) is 1.59. The fourth-order valence-electron chi connectivity index (χ4n) is 2.00. The molecule has 0 aliphatic heterocycles. The summed E-state index contributed by atoms with van der Waals surface area (Å²) in [4.78, 5) is 11.5. The van der Waals surface area contributed by atoms with Gasteiger partial charge in [0.15, 0.2) is 11.5 Å². The van der Waals surface area contributed by atoms with Crippen LogP contribution in [0.1, 0.15) is 11.1 Å². The first-order chi connectivity index (χ1) is 12.1. The van der Waals surface area contributed by atoms with Gasteiger partial charge in [-0.05, 0) is 41.5 Å². The van der Waals surface area contributed by atoms with Crippen molar-refractivity contribution in [1.29, 1.82) is 0 Å². The summed E-state index contributed by atoms with van der Waals surface area (Å²) in [5.41, 5.74) is 1.85. The highest BCUT2D eigenvalue weighted by Gasteiger charge is 2.06. The molecule has 0 saturated heterocycles. The Kier molecular flexibility index (Phi) is 7.29. The number of carbonyl (C=O) groups excluding carboxylic acids is 1. The average Bonchev–Trinajstić information content (AvgIpc) is 2.64. The second-order valence-corrected chi connectivity index (χ2v) is 5.99. The normalized spacial score (nSPS) is 10.5. The van der Waals surface area contributed by atoms with E-state index in [1.807, 2.05) is 36.4 Å². The van der Waals surface area contributed by atoms with Crippen molar-refractivity contribution in [2.24, 2.45) is 0 Å². The Morgan fingerprint density at radius 1 is 1.16 bits per heavy atom. The van der Waals surface area contributed by atoms with E-state index < -0.39 is 5.97 Å². The molecular weight excluding hydrogens is 384 g/mol. The van der Waals surface area contributed by atoms with Crippen LogP contribution in [0.4, 0.5) is 0 Å². The molecule has 0 aliphatic carbocycles. The molecule has 2 rings (SSSR count). The van der Waals surface area contributed by atoms with Crippen molar-refractivity contribution in [2.75, 3.05) is 13.7 Å². The third-order valence-electron chi connectivity index (χ3n) is 3.25. The smallest absolute Gasteiger partial charge is 0.331 e. The van der Waals surface area contributed by atoms with Crippen molar-refractivity contribution in [1.82, 2.24) is 0 Å². The zero-order valence-electron chi connectivity index (χ0n) is 13.9. The second kappa shape index (κ2) is 9.69. The molecule has 2 aromatic carbocycles. The molecule has 4 nitrogen and oxygen atoms in total. The van der Waals surface area contributed by atoms with Crippen LogP contribution in [0.15, 0.2) is 65.7 Å². The lowest BCUT2D eigenvalue weighted by molar-refractivity contribution is -0.136. The van der Waals surface area contributed by atoms with Gasteiger partial charge in [-0.25, -0.2) is 4.79 Å². The summed E-state index contributed by atoms with van der Waals surface area (Å²) in [5, 5.41) is 0. The van der Waals surface area contributed by atoms with E-state index in [2.05, 4.69) is 22.5 Å². The van der Waals surface area contributed by atoms with E-state index in [4.69, 9.17) is 14.2 Å². The molecule has 0 aliphatic rings. The van der Waals surface area contributed by atoms with Crippen molar-refractivity contribution >= 4 is 28.0 Å². The molecule has 0 fully saturated rings. The number of rotatable bonds is 8. The molecule has 0 spiro atoms. The first-order valence-corrected chi connectivity index (χ1v) is 8.42. The Morgan fingerprint density at radius 2 is 1.92 bits per heavy atom. The molecule has 0 bridgehead atoms. The Labute approximate surface area is 155 Å². The Bertz CT molecular complexity index is 751. The summed E-state index contributed by atoms with van der Waals surface area (Å²) in [6, 6.07) is 13.3. The number of halogens is 1. The number of ether oxygens (including phenoxy) is 3. The van der Waals surface area contributed by atoms with E-state index >= 15 is 0 Å². The lowest BCUT2D eigenvalue weighted by Crippen LogP contribution is -2.00. The summed E-state index contributed by atoms with van der Waals surface area (Å²) >= 11 is 3.41. The van der Waals surface area contributed by atoms with Crippen LogP contribution >= 0.6 is 15.9 Å². The fraction of sp³-hybridized carbons (Fsp3) is 0.150. The van der Waals surface area contributed by atoms with E-state index in [-0.39, 0.29) is 6.61 Å². The molecule has 0 unspecified atom stereocenters. The maximum Gasteiger partial charge on any atom is 0.331 e. The van der Waals surface area contributed by atoms with Crippen LogP contribution in [0.3, 0.4) is 0 Å². The topological polar surface area (TPSA) is 44.8 Å². The Morgan fingerprint density at radius 3 is 2.60 bits per heavy atom. The van der Waals surface area contributed by atoms with E-state index in [1.54, 1.807) is 19.3 Å². The number of hydrogen-bond donors (Lipinski definition) is 0. The average molecular weight is 403 g/mol. The Hall–Kier alpha value is -2.53. The van der Waals surface area contributed by atoms with E-state index in [1.165, 1.54) is 12.2 Å². The molecular formula is C20H19BrO4. The van der Waals surface area contributed by atoms with E-state index in [0.717, 1.165) is 15.6 Å². The molecule has 0 N–H and O–H groups in total. The first-order valence-electron chi connectivity index (χ1n) is 7.63. The van der Waals surface area contributed by atoms with Crippen LogP contribution in [0.5, 0.6) is 11.5 Å². The molecule has 0 heterocycles. The molecule has 25 heavy (non-hydrogen) atoms. The van der Waals surface area contributed by atoms with Gasteiger partial charge in [-0.3, -0.25) is 0 Å². The van der Waals surface area contributed by atoms with Gasteiger partial charge < -0.3 is 14.2 Å². The predicted octanol–water partition coefficient (Wildman–Crippen LogP) is 4.78. The SMILES string of the molecule is C=CCOC(=O)/C=C/c1ccc(OC)c(OCc2ccc(Br)cc2)c1. The van der Waals surface area contributed by atoms with E-state index in [9.17, 15) is 4.79 Å². The van der Waals surface area contributed by atoms with Crippen molar-refractivity contribution in [3.05, 3.63) is 76.8 Å². The Balaban J connectivity index is 2.08. The zero-order chi connectivity index (χ0) is 18.1. The standard InChI is InChI=1S/C20H19BrO4/c1-3-12-24-20(22)11-7-15-6-10-18(23-2)19(13-15)25-14-16-4-8-17(21)9-5-16/h3-11,13H,1,12,14H2,2H3/b11-7+. The minimum Gasteiger partial charge on any atom is -0.493 e. The van der Waals surface area contributed by atoms with Crippen molar-refractivity contribution in [3.8, 4) is 11.5 Å². The van der Waals surface area contributed by atoms with Crippen LogP contribution < -0.4 is 9.47 Å². The van der Waals surface area contributed by atoms with Crippen molar-refractivity contribution < 1.29 is 19.0 Å². The summed E-state index contributed by atoms with van der Waals surface area (Å²) in [6.45, 7) is 4.10. The number of hydrogen-bond acceptors (Lipinski definition) is 4. The molecule has 0 atom stereocenters. The van der Waals surface area contributed by atoms with Crippen LogP contribution in [0.25, 0.3) is 6.08 Å². The molecule has 5 heteroatoms. The van der Waals surface area contributed by atoms with Gasteiger partial charge in [0.25, 0.3) is 0 Å². The number of methoxy groups -OCH3 is 1. The minimum atomic E-state index is -0.423. The lowest BCUT2D eigenvalue weighted by atomic mass is 10.2.